The number of halogens is 1. The number of hydrogen-bond acceptors (Lipinski definition) is 5. The third kappa shape index (κ3) is 2.43. The fraction of sp³-hybridized carbons (Fsp3) is 0.250. The van der Waals surface area contributed by atoms with Crippen molar-refractivity contribution in [1.29, 1.82) is 0 Å². The van der Waals surface area contributed by atoms with E-state index in [1.54, 1.807) is 13.0 Å². The van der Waals surface area contributed by atoms with E-state index in [1.165, 1.54) is 19.2 Å². The minimum absolute atomic E-state index is 0.184. The Kier molecular flexibility index (Phi) is 3.47. The van der Waals surface area contributed by atoms with Gasteiger partial charge in [0.15, 0.2) is 17.4 Å². The van der Waals surface area contributed by atoms with Gasteiger partial charge in [0.05, 0.1) is 13.7 Å². The summed E-state index contributed by atoms with van der Waals surface area (Å²) in [7, 11) is 1.41. The summed E-state index contributed by atoms with van der Waals surface area (Å²) in [6.45, 7) is 1.96. The lowest BCUT2D eigenvalue weighted by Crippen LogP contribution is -2.07. The monoisotopic (exact) mass is 248 g/mol. The quantitative estimate of drug-likeness (QED) is 0.890. The fourth-order valence-corrected chi connectivity index (χ4v) is 1.56. The molecule has 1 aromatic carbocycles. The highest BCUT2D eigenvalue weighted by Crippen LogP contribution is 2.23. The zero-order valence-corrected chi connectivity index (χ0v) is 10.1. The summed E-state index contributed by atoms with van der Waals surface area (Å²) in [4.78, 5) is 12.4. The molecular weight excluding hydrogens is 235 g/mol. The van der Waals surface area contributed by atoms with Gasteiger partial charge < -0.3 is 10.5 Å². The van der Waals surface area contributed by atoms with Gasteiger partial charge in [-0.1, -0.05) is 0 Å². The van der Waals surface area contributed by atoms with Crippen LogP contribution in [0.25, 0.3) is 11.4 Å². The van der Waals surface area contributed by atoms with Gasteiger partial charge in [0.25, 0.3) is 0 Å². The number of rotatable bonds is 3. The van der Waals surface area contributed by atoms with Crippen molar-refractivity contribution < 1.29 is 9.13 Å². The molecule has 0 saturated heterocycles. The molecule has 18 heavy (non-hydrogen) atoms. The minimum Gasteiger partial charge on any atom is -0.494 e. The maximum atomic E-state index is 13.6. The maximum absolute atomic E-state index is 13.6. The number of aryl methyl sites for hydroxylation is 1. The fourth-order valence-electron chi connectivity index (χ4n) is 1.56. The number of ether oxygens (including phenoxy) is 1. The molecule has 1 aromatic heterocycles. The predicted molar refractivity (Wildman–Crippen MR) is 64.4 cm³/mol. The molecule has 0 unspecified atom stereocenters. The van der Waals surface area contributed by atoms with Crippen molar-refractivity contribution in [1.82, 2.24) is 15.0 Å². The molecule has 0 atom stereocenters. The van der Waals surface area contributed by atoms with Gasteiger partial charge in [-0.3, -0.25) is 0 Å². The summed E-state index contributed by atoms with van der Waals surface area (Å²) in [5.74, 6) is 1.17. The second-order valence-electron chi connectivity index (χ2n) is 3.68. The third-order valence-electron chi connectivity index (χ3n) is 2.39. The van der Waals surface area contributed by atoms with E-state index in [0.717, 1.165) is 0 Å². The van der Waals surface area contributed by atoms with E-state index in [2.05, 4.69) is 15.0 Å². The van der Waals surface area contributed by atoms with Crippen molar-refractivity contribution in [3.05, 3.63) is 35.7 Å². The van der Waals surface area contributed by atoms with Crippen LogP contribution in [0.1, 0.15) is 11.6 Å². The topological polar surface area (TPSA) is 73.9 Å². The van der Waals surface area contributed by atoms with E-state index in [-0.39, 0.29) is 12.3 Å². The molecule has 0 fully saturated rings. The Bertz CT molecular complexity index is 574. The van der Waals surface area contributed by atoms with Crippen LogP contribution in [0.2, 0.25) is 0 Å². The van der Waals surface area contributed by atoms with Crippen LogP contribution in [0.4, 0.5) is 4.39 Å². The maximum Gasteiger partial charge on any atom is 0.165 e. The van der Waals surface area contributed by atoms with Gasteiger partial charge in [-0.15, -0.1) is 0 Å². The van der Waals surface area contributed by atoms with Gasteiger partial charge >= 0.3 is 0 Å². The van der Waals surface area contributed by atoms with Crippen molar-refractivity contribution in [3.8, 4) is 17.1 Å². The summed E-state index contributed by atoms with van der Waals surface area (Å²) >= 11 is 0. The second kappa shape index (κ2) is 5.05. The van der Waals surface area contributed by atoms with E-state index in [1.807, 2.05) is 0 Å². The number of hydrogen-bond donors (Lipinski definition) is 1. The van der Waals surface area contributed by atoms with Crippen LogP contribution in [-0.2, 0) is 6.54 Å². The molecule has 0 bridgehead atoms. The van der Waals surface area contributed by atoms with Crippen LogP contribution >= 0.6 is 0 Å². The number of nitrogens with zero attached hydrogens (tertiary/aromatic N) is 3. The lowest BCUT2D eigenvalue weighted by atomic mass is 10.2. The van der Waals surface area contributed by atoms with E-state index in [4.69, 9.17) is 10.5 Å². The number of methoxy groups -OCH3 is 1. The molecule has 0 spiro atoms. The van der Waals surface area contributed by atoms with Crippen LogP contribution in [0, 0.1) is 12.7 Å². The van der Waals surface area contributed by atoms with Crippen molar-refractivity contribution >= 4 is 0 Å². The van der Waals surface area contributed by atoms with E-state index in [0.29, 0.717) is 23.0 Å². The van der Waals surface area contributed by atoms with Crippen molar-refractivity contribution in [2.24, 2.45) is 5.73 Å². The smallest absolute Gasteiger partial charge is 0.165 e. The molecule has 5 nitrogen and oxygen atoms in total. The molecule has 0 aliphatic rings. The average molecular weight is 248 g/mol. The molecule has 0 aliphatic heterocycles. The molecule has 0 radical (unpaired) electrons. The van der Waals surface area contributed by atoms with Crippen molar-refractivity contribution in [2.75, 3.05) is 7.11 Å². The lowest BCUT2D eigenvalue weighted by Gasteiger charge is -2.06. The molecule has 0 saturated carbocycles. The number of nitrogens with two attached hydrogens (primary N) is 1. The Morgan fingerprint density at radius 2 is 2.06 bits per heavy atom. The summed E-state index contributed by atoms with van der Waals surface area (Å²) in [5.41, 5.74) is 6.06. The Morgan fingerprint density at radius 3 is 2.67 bits per heavy atom. The van der Waals surface area contributed by atoms with Gasteiger partial charge in [0, 0.05) is 5.56 Å². The Hall–Kier alpha value is -2.08. The van der Waals surface area contributed by atoms with Crippen LogP contribution in [0.3, 0.4) is 0 Å². The Morgan fingerprint density at radius 1 is 1.28 bits per heavy atom. The van der Waals surface area contributed by atoms with E-state index in [9.17, 15) is 4.39 Å². The highest BCUT2D eigenvalue weighted by atomic mass is 19.1. The van der Waals surface area contributed by atoms with Gasteiger partial charge in [0.2, 0.25) is 0 Å². The summed E-state index contributed by atoms with van der Waals surface area (Å²) in [6, 6.07) is 4.55. The van der Waals surface area contributed by atoms with Gasteiger partial charge in [-0.25, -0.2) is 19.3 Å². The molecule has 0 amide bonds. The normalized spacial score (nSPS) is 10.4. The molecule has 94 valence electrons. The molecule has 0 aliphatic carbocycles. The van der Waals surface area contributed by atoms with Crippen LogP contribution in [-0.4, -0.2) is 22.1 Å². The summed E-state index contributed by atoms with van der Waals surface area (Å²) in [6.07, 6.45) is 0. The van der Waals surface area contributed by atoms with E-state index < -0.39 is 5.82 Å². The highest BCUT2D eigenvalue weighted by Gasteiger charge is 2.09. The number of aromatic nitrogens is 3. The molecule has 2 N–H and O–H groups in total. The molecule has 6 heteroatoms. The first-order chi connectivity index (χ1) is 8.63. The summed E-state index contributed by atoms with van der Waals surface area (Å²) < 4.78 is 18.5. The largest absolute Gasteiger partial charge is 0.494 e. The van der Waals surface area contributed by atoms with Crippen LogP contribution < -0.4 is 10.5 Å². The zero-order chi connectivity index (χ0) is 13.1. The van der Waals surface area contributed by atoms with Gasteiger partial charge in [-0.2, -0.15) is 0 Å². The van der Waals surface area contributed by atoms with Crippen molar-refractivity contribution in [2.45, 2.75) is 13.5 Å². The number of benzene rings is 1. The average Bonchev–Trinajstić information content (AvgIpc) is 2.37. The highest BCUT2D eigenvalue weighted by molar-refractivity contribution is 5.56. The second-order valence-corrected chi connectivity index (χ2v) is 3.68. The van der Waals surface area contributed by atoms with Crippen LogP contribution in [0.5, 0.6) is 5.75 Å². The zero-order valence-electron chi connectivity index (χ0n) is 10.1. The predicted octanol–water partition coefficient (Wildman–Crippen LogP) is 1.45. The first-order valence-corrected chi connectivity index (χ1v) is 5.39. The minimum atomic E-state index is -0.456. The molecule has 2 rings (SSSR count). The van der Waals surface area contributed by atoms with E-state index >= 15 is 0 Å². The third-order valence-corrected chi connectivity index (χ3v) is 2.39. The van der Waals surface area contributed by atoms with Gasteiger partial charge in [-0.05, 0) is 25.1 Å². The lowest BCUT2D eigenvalue weighted by molar-refractivity contribution is 0.386. The Labute approximate surface area is 104 Å². The molecular formula is C12H13FN4O. The first-order valence-electron chi connectivity index (χ1n) is 5.39. The summed E-state index contributed by atoms with van der Waals surface area (Å²) in [5, 5.41) is 0. The molecule has 2 aromatic rings. The van der Waals surface area contributed by atoms with Crippen molar-refractivity contribution in [3.63, 3.8) is 0 Å². The SMILES string of the molecule is COc1ccc(-c2nc(C)nc(CN)n2)cc1F. The Balaban J connectivity index is 2.48. The standard InChI is InChI=1S/C12H13FN4O/c1-7-15-11(6-14)17-12(16-7)8-3-4-10(18-2)9(13)5-8/h3-5H,6,14H2,1-2H3. The van der Waals surface area contributed by atoms with Crippen LogP contribution in [0.15, 0.2) is 18.2 Å². The first kappa shape index (κ1) is 12.4. The van der Waals surface area contributed by atoms with Gasteiger partial charge in [0.1, 0.15) is 11.6 Å². The molecule has 1 heterocycles.